The van der Waals surface area contributed by atoms with Crippen LogP contribution in [0.15, 0.2) is 29.2 Å². The van der Waals surface area contributed by atoms with E-state index in [0.717, 1.165) is 16.7 Å². The van der Waals surface area contributed by atoms with E-state index in [-0.39, 0.29) is 4.32 Å². The number of carboxylic acid groups (broad SMARTS) is 1. The average Bonchev–Trinajstić information content (AvgIpc) is 2.74. The number of nitrogens with zero attached hydrogens (tertiary/aromatic N) is 1. The summed E-state index contributed by atoms with van der Waals surface area (Å²) in [6, 6.07) is 6.48. The van der Waals surface area contributed by atoms with Crippen LogP contribution in [-0.2, 0) is 14.3 Å². The van der Waals surface area contributed by atoms with E-state index in [2.05, 4.69) is 4.74 Å². The maximum absolute atomic E-state index is 12.1. The molecule has 0 radical (unpaired) electrons. The van der Waals surface area contributed by atoms with Gasteiger partial charge in [-0.05, 0) is 23.8 Å². The molecule has 1 N–H and O–H groups in total. The number of thioether (sulfide) groups is 1. The summed E-state index contributed by atoms with van der Waals surface area (Å²) in [5.74, 6) is -2.01. The van der Waals surface area contributed by atoms with E-state index < -0.39 is 24.4 Å². The quantitative estimate of drug-likeness (QED) is 0.509. The van der Waals surface area contributed by atoms with Gasteiger partial charge in [0, 0.05) is 0 Å². The zero-order chi connectivity index (χ0) is 16.3. The maximum atomic E-state index is 12.1. The molecule has 2 rings (SSSR count). The Balaban J connectivity index is 2.19. The van der Waals surface area contributed by atoms with Gasteiger partial charge in [-0.2, -0.15) is 0 Å². The fraction of sp³-hybridized carbons (Fsp3) is 0.143. The summed E-state index contributed by atoms with van der Waals surface area (Å²) >= 11 is 6.05. The Labute approximate surface area is 135 Å². The van der Waals surface area contributed by atoms with Gasteiger partial charge in [-0.1, -0.05) is 36.1 Å². The van der Waals surface area contributed by atoms with E-state index in [1.165, 1.54) is 7.11 Å². The lowest BCUT2D eigenvalue weighted by Crippen LogP contribution is -2.33. The van der Waals surface area contributed by atoms with E-state index in [1.807, 2.05) is 0 Å². The number of ether oxygens (including phenoxy) is 1. The third kappa shape index (κ3) is 3.52. The van der Waals surface area contributed by atoms with Gasteiger partial charge in [0.05, 0.1) is 17.6 Å². The molecule has 1 saturated heterocycles. The van der Waals surface area contributed by atoms with Crippen LogP contribution in [0.25, 0.3) is 6.08 Å². The number of hydrogen-bond donors (Lipinski definition) is 1. The fourth-order valence-corrected chi connectivity index (χ4v) is 3.01. The topological polar surface area (TPSA) is 83.9 Å². The first kappa shape index (κ1) is 16.2. The second-order valence-corrected chi connectivity index (χ2v) is 5.95. The third-order valence-corrected chi connectivity index (χ3v) is 4.17. The summed E-state index contributed by atoms with van der Waals surface area (Å²) in [4.78, 5) is 35.5. The van der Waals surface area contributed by atoms with Crippen LogP contribution in [0.4, 0.5) is 0 Å². The van der Waals surface area contributed by atoms with Crippen LogP contribution in [0, 0.1) is 0 Å². The molecule has 0 atom stereocenters. The highest BCUT2D eigenvalue weighted by atomic mass is 32.2. The molecule has 22 heavy (non-hydrogen) atoms. The molecule has 0 aliphatic carbocycles. The molecule has 1 aliphatic heterocycles. The molecule has 0 bridgehead atoms. The standard InChI is InChI=1S/C14H11NO5S2/c1-20-13(19)9-4-2-8(3-5-9)6-10-12(18)15(7-11(16)17)14(21)22-10/h2-6H,7H2,1H3,(H,16,17)/b10-6-. The van der Waals surface area contributed by atoms with Crippen molar-refractivity contribution >= 4 is 52.2 Å². The van der Waals surface area contributed by atoms with Crippen molar-refractivity contribution in [1.82, 2.24) is 4.90 Å². The Kier molecular flexibility index (Phi) is 4.94. The van der Waals surface area contributed by atoms with Gasteiger partial charge in [0.1, 0.15) is 10.9 Å². The lowest BCUT2D eigenvalue weighted by Gasteiger charge is -2.10. The number of benzene rings is 1. The third-order valence-electron chi connectivity index (χ3n) is 2.80. The first-order valence-electron chi connectivity index (χ1n) is 6.08. The van der Waals surface area contributed by atoms with Gasteiger partial charge in [0.2, 0.25) is 0 Å². The number of carbonyl (C=O) groups excluding carboxylic acids is 2. The van der Waals surface area contributed by atoms with Crippen LogP contribution in [0.1, 0.15) is 15.9 Å². The summed E-state index contributed by atoms with van der Waals surface area (Å²) in [6.45, 7) is -0.455. The summed E-state index contributed by atoms with van der Waals surface area (Å²) in [7, 11) is 1.30. The molecule has 0 saturated carbocycles. The monoisotopic (exact) mass is 337 g/mol. The summed E-state index contributed by atoms with van der Waals surface area (Å²) in [5, 5.41) is 8.77. The number of methoxy groups -OCH3 is 1. The average molecular weight is 337 g/mol. The van der Waals surface area contributed by atoms with Crippen LogP contribution >= 0.6 is 24.0 Å². The van der Waals surface area contributed by atoms with Crippen LogP contribution in [0.5, 0.6) is 0 Å². The van der Waals surface area contributed by atoms with Gasteiger partial charge in [0.15, 0.2) is 0 Å². The number of esters is 1. The van der Waals surface area contributed by atoms with Crippen molar-refractivity contribution in [2.24, 2.45) is 0 Å². The number of amides is 1. The smallest absolute Gasteiger partial charge is 0.337 e. The molecule has 6 nitrogen and oxygen atoms in total. The van der Waals surface area contributed by atoms with Crippen LogP contribution in [-0.4, -0.2) is 45.8 Å². The zero-order valence-corrected chi connectivity index (χ0v) is 13.1. The molecule has 1 aromatic rings. The van der Waals surface area contributed by atoms with Crippen molar-refractivity contribution in [3.8, 4) is 0 Å². The molecule has 1 aromatic carbocycles. The highest BCUT2D eigenvalue weighted by molar-refractivity contribution is 8.26. The number of carboxylic acids is 1. The second kappa shape index (κ2) is 6.71. The maximum Gasteiger partial charge on any atom is 0.337 e. The largest absolute Gasteiger partial charge is 0.480 e. The summed E-state index contributed by atoms with van der Waals surface area (Å²) in [5.41, 5.74) is 1.10. The number of rotatable bonds is 4. The predicted molar refractivity (Wildman–Crippen MR) is 85.3 cm³/mol. The highest BCUT2D eigenvalue weighted by Gasteiger charge is 2.33. The fourth-order valence-electron chi connectivity index (χ4n) is 1.76. The van der Waals surface area contributed by atoms with E-state index in [9.17, 15) is 14.4 Å². The first-order chi connectivity index (χ1) is 10.4. The molecule has 1 amide bonds. The molecule has 1 heterocycles. The van der Waals surface area contributed by atoms with Gasteiger partial charge in [-0.15, -0.1) is 0 Å². The van der Waals surface area contributed by atoms with Crippen molar-refractivity contribution in [3.63, 3.8) is 0 Å². The van der Waals surface area contributed by atoms with E-state index in [4.69, 9.17) is 17.3 Å². The van der Waals surface area contributed by atoms with Crippen molar-refractivity contribution in [1.29, 1.82) is 0 Å². The van der Waals surface area contributed by atoms with Crippen molar-refractivity contribution in [2.45, 2.75) is 0 Å². The Morgan fingerprint density at radius 1 is 1.36 bits per heavy atom. The van der Waals surface area contributed by atoms with Crippen molar-refractivity contribution in [3.05, 3.63) is 40.3 Å². The minimum atomic E-state index is -1.13. The molecule has 0 unspecified atom stereocenters. The number of thiocarbonyl (C=S) groups is 1. The minimum absolute atomic E-state index is 0.213. The molecule has 0 spiro atoms. The summed E-state index contributed by atoms with van der Waals surface area (Å²) < 4.78 is 4.81. The van der Waals surface area contributed by atoms with Crippen LogP contribution < -0.4 is 0 Å². The Hall–Kier alpha value is -2.19. The van der Waals surface area contributed by atoms with Gasteiger partial charge < -0.3 is 9.84 Å². The molecule has 1 fully saturated rings. The van der Waals surface area contributed by atoms with E-state index >= 15 is 0 Å². The SMILES string of the molecule is COC(=O)c1ccc(/C=C2\SC(=S)N(CC(=O)O)C2=O)cc1. The van der Waals surface area contributed by atoms with Crippen molar-refractivity contribution < 1.29 is 24.2 Å². The Bertz CT molecular complexity index is 681. The van der Waals surface area contributed by atoms with E-state index in [1.54, 1.807) is 30.3 Å². The Morgan fingerprint density at radius 2 is 2.00 bits per heavy atom. The molecule has 1 aliphatic rings. The van der Waals surface area contributed by atoms with Crippen molar-refractivity contribution in [2.75, 3.05) is 13.7 Å². The van der Waals surface area contributed by atoms with Gasteiger partial charge in [-0.25, -0.2) is 4.79 Å². The number of carbonyl (C=O) groups is 3. The summed E-state index contributed by atoms with van der Waals surface area (Å²) in [6.07, 6.45) is 1.60. The lowest BCUT2D eigenvalue weighted by atomic mass is 10.1. The van der Waals surface area contributed by atoms with Crippen LogP contribution in [0.2, 0.25) is 0 Å². The molecule has 8 heteroatoms. The van der Waals surface area contributed by atoms with Gasteiger partial charge in [-0.3, -0.25) is 14.5 Å². The highest BCUT2D eigenvalue weighted by Crippen LogP contribution is 2.32. The van der Waals surface area contributed by atoms with Gasteiger partial charge in [0.25, 0.3) is 5.91 Å². The van der Waals surface area contributed by atoms with Gasteiger partial charge >= 0.3 is 11.9 Å². The Morgan fingerprint density at radius 3 is 2.55 bits per heavy atom. The first-order valence-corrected chi connectivity index (χ1v) is 7.30. The second-order valence-electron chi connectivity index (χ2n) is 4.28. The molecular weight excluding hydrogens is 326 g/mol. The number of aliphatic carboxylic acids is 1. The molecular formula is C14H11NO5S2. The van der Waals surface area contributed by atoms with E-state index in [0.29, 0.717) is 16.0 Å². The van der Waals surface area contributed by atoms with Crippen LogP contribution in [0.3, 0.4) is 0 Å². The zero-order valence-electron chi connectivity index (χ0n) is 11.4. The lowest BCUT2D eigenvalue weighted by molar-refractivity contribution is -0.140. The number of hydrogen-bond acceptors (Lipinski definition) is 6. The minimum Gasteiger partial charge on any atom is -0.480 e. The normalized spacial score (nSPS) is 16.2. The predicted octanol–water partition coefficient (Wildman–Crippen LogP) is 1.76. The molecule has 114 valence electrons. The molecule has 0 aromatic heterocycles.